The van der Waals surface area contributed by atoms with Crippen molar-refractivity contribution < 1.29 is 4.79 Å². The molecule has 0 bridgehead atoms. The number of hydrogen-bond acceptors (Lipinski definition) is 3. The number of benzene rings is 2. The zero-order chi connectivity index (χ0) is 15.5. The molecule has 1 N–H and O–H groups in total. The second-order valence-electron chi connectivity index (χ2n) is 5.47. The van der Waals surface area contributed by atoms with Gasteiger partial charge in [0.2, 0.25) is 0 Å². The average Bonchev–Trinajstić information content (AvgIpc) is 3.04. The van der Waals surface area contributed by atoms with Gasteiger partial charge in [-0.05, 0) is 43.2 Å². The van der Waals surface area contributed by atoms with Gasteiger partial charge in [0, 0.05) is 22.8 Å². The van der Waals surface area contributed by atoms with Gasteiger partial charge in [-0.25, -0.2) is 0 Å². The van der Waals surface area contributed by atoms with Crippen molar-refractivity contribution in [3.8, 4) is 0 Å². The molecule has 1 fully saturated rings. The van der Waals surface area contributed by atoms with E-state index < -0.39 is 0 Å². The number of amides is 1. The highest BCUT2D eigenvalue weighted by molar-refractivity contribution is 8.19. The first-order valence-corrected chi connectivity index (χ1v) is 9.45. The minimum absolute atomic E-state index is 0.0507. The third-order valence-electron chi connectivity index (χ3n) is 3.70. The van der Waals surface area contributed by atoms with Gasteiger partial charge in [0.15, 0.2) is 0 Å². The van der Waals surface area contributed by atoms with Gasteiger partial charge >= 0.3 is 0 Å². The van der Waals surface area contributed by atoms with Crippen molar-refractivity contribution in [3.05, 3.63) is 64.7 Å². The van der Waals surface area contributed by atoms with Crippen LogP contribution < -0.4 is 5.32 Å². The molecule has 1 aliphatic rings. The van der Waals surface area contributed by atoms with Crippen LogP contribution >= 0.6 is 23.5 Å². The maximum atomic E-state index is 12.4. The van der Waals surface area contributed by atoms with Gasteiger partial charge in [-0.2, -0.15) is 0 Å². The van der Waals surface area contributed by atoms with Gasteiger partial charge in [0.05, 0.1) is 4.58 Å². The highest BCUT2D eigenvalue weighted by atomic mass is 32.2. The molecule has 1 saturated heterocycles. The molecule has 1 heterocycles. The van der Waals surface area contributed by atoms with Crippen molar-refractivity contribution in [2.75, 3.05) is 16.8 Å². The van der Waals surface area contributed by atoms with Crippen LogP contribution in [0.15, 0.2) is 42.5 Å². The van der Waals surface area contributed by atoms with Crippen LogP contribution in [0.25, 0.3) is 0 Å². The maximum Gasteiger partial charge on any atom is 0.255 e. The number of rotatable bonds is 3. The molecular weight excluding hydrogens is 310 g/mol. The minimum atomic E-state index is -0.0507. The molecule has 0 unspecified atom stereocenters. The van der Waals surface area contributed by atoms with Gasteiger partial charge in [0.25, 0.3) is 5.91 Å². The predicted molar refractivity (Wildman–Crippen MR) is 98.0 cm³/mol. The Morgan fingerprint density at radius 3 is 2.36 bits per heavy atom. The minimum Gasteiger partial charge on any atom is -0.322 e. The van der Waals surface area contributed by atoms with E-state index >= 15 is 0 Å². The molecule has 0 radical (unpaired) electrons. The first-order chi connectivity index (χ1) is 10.6. The van der Waals surface area contributed by atoms with E-state index in [4.69, 9.17) is 0 Å². The van der Waals surface area contributed by atoms with E-state index in [1.807, 2.05) is 54.7 Å². The summed E-state index contributed by atoms with van der Waals surface area (Å²) in [5.74, 6) is 2.37. The number of aryl methyl sites for hydroxylation is 2. The summed E-state index contributed by atoms with van der Waals surface area (Å²) in [4.78, 5) is 12.4. The molecule has 22 heavy (non-hydrogen) atoms. The monoisotopic (exact) mass is 329 g/mol. The van der Waals surface area contributed by atoms with Crippen molar-refractivity contribution in [1.29, 1.82) is 0 Å². The van der Waals surface area contributed by atoms with Crippen molar-refractivity contribution in [2.45, 2.75) is 18.4 Å². The molecule has 0 saturated carbocycles. The maximum absolute atomic E-state index is 12.4. The number of hydrogen-bond donors (Lipinski definition) is 1. The zero-order valence-electron chi connectivity index (χ0n) is 12.8. The van der Waals surface area contributed by atoms with Crippen LogP contribution in [0.5, 0.6) is 0 Å². The highest BCUT2D eigenvalue weighted by Crippen LogP contribution is 2.45. The van der Waals surface area contributed by atoms with Crippen LogP contribution in [-0.4, -0.2) is 17.4 Å². The van der Waals surface area contributed by atoms with Crippen molar-refractivity contribution >= 4 is 35.1 Å². The van der Waals surface area contributed by atoms with E-state index in [2.05, 4.69) is 30.4 Å². The largest absolute Gasteiger partial charge is 0.322 e. The molecule has 0 aromatic heterocycles. The van der Waals surface area contributed by atoms with Crippen LogP contribution in [0, 0.1) is 13.8 Å². The quantitative estimate of drug-likeness (QED) is 0.856. The van der Waals surface area contributed by atoms with Crippen LogP contribution in [0.1, 0.15) is 31.6 Å². The third-order valence-corrected chi connectivity index (χ3v) is 6.80. The Labute approximate surface area is 140 Å². The molecule has 2 nitrogen and oxygen atoms in total. The number of nitrogens with one attached hydrogen (secondary N) is 1. The van der Waals surface area contributed by atoms with E-state index in [-0.39, 0.29) is 5.91 Å². The number of anilines is 1. The molecule has 2 aromatic carbocycles. The van der Waals surface area contributed by atoms with Crippen molar-refractivity contribution in [1.82, 2.24) is 0 Å². The van der Waals surface area contributed by atoms with E-state index in [0.717, 1.165) is 11.3 Å². The van der Waals surface area contributed by atoms with E-state index in [1.54, 1.807) is 0 Å². The summed E-state index contributed by atoms with van der Waals surface area (Å²) in [6, 6.07) is 14.1. The summed E-state index contributed by atoms with van der Waals surface area (Å²) >= 11 is 3.96. The lowest BCUT2D eigenvalue weighted by atomic mass is 10.1. The number of carbonyl (C=O) groups is 1. The summed E-state index contributed by atoms with van der Waals surface area (Å²) in [6.45, 7) is 4.07. The van der Waals surface area contributed by atoms with E-state index in [0.29, 0.717) is 10.1 Å². The second kappa shape index (κ2) is 6.80. The average molecular weight is 329 g/mol. The Kier molecular flexibility index (Phi) is 4.79. The van der Waals surface area contributed by atoms with Gasteiger partial charge in [0.1, 0.15) is 0 Å². The molecule has 0 atom stereocenters. The SMILES string of the molecule is Cc1ccc(NC(=O)c2ccc(C3SCCS3)cc2)c(C)c1. The molecule has 1 aliphatic heterocycles. The molecule has 4 heteroatoms. The lowest BCUT2D eigenvalue weighted by Crippen LogP contribution is -2.12. The topological polar surface area (TPSA) is 29.1 Å². The van der Waals surface area contributed by atoms with Gasteiger partial charge in [-0.1, -0.05) is 29.8 Å². The first kappa shape index (κ1) is 15.5. The predicted octanol–water partition coefficient (Wildman–Crippen LogP) is 5.03. The fourth-order valence-corrected chi connectivity index (χ4v) is 5.35. The standard InChI is InChI=1S/C18H19NOS2/c1-12-3-8-16(13(2)11-12)19-17(20)14-4-6-15(7-5-14)18-21-9-10-22-18/h3-8,11,18H,9-10H2,1-2H3,(H,19,20). The van der Waals surface area contributed by atoms with Crippen LogP contribution in [0.2, 0.25) is 0 Å². The summed E-state index contributed by atoms with van der Waals surface area (Å²) in [7, 11) is 0. The van der Waals surface area contributed by atoms with Crippen molar-refractivity contribution in [2.24, 2.45) is 0 Å². The lowest BCUT2D eigenvalue weighted by molar-refractivity contribution is 0.102. The molecule has 114 valence electrons. The third kappa shape index (κ3) is 3.50. The number of carbonyl (C=O) groups excluding carboxylic acids is 1. The normalized spacial score (nSPS) is 15.0. The van der Waals surface area contributed by atoms with Crippen molar-refractivity contribution in [3.63, 3.8) is 0 Å². The second-order valence-corrected chi connectivity index (χ2v) is 8.19. The molecule has 1 amide bonds. The Morgan fingerprint density at radius 2 is 1.73 bits per heavy atom. The van der Waals surface area contributed by atoms with Gasteiger partial charge in [-0.3, -0.25) is 4.79 Å². The molecule has 0 aliphatic carbocycles. The zero-order valence-corrected chi connectivity index (χ0v) is 14.4. The van der Waals surface area contributed by atoms with Crippen LogP contribution in [-0.2, 0) is 0 Å². The number of thioether (sulfide) groups is 2. The van der Waals surface area contributed by atoms with E-state index in [9.17, 15) is 4.79 Å². The van der Waals surface area contributed by atoms with E-state index in [1.165, 1.54) is 22.6 Å². The highest BCUT2D eigenvalue weighted by Gasteiger charge is 2.18. The summed E-state index contributed by atoms with van der Waals surface area (Å²) < 4.78 is 0.524. The smallest absolute Gasteiger partial charge is 0.255 e. The Hall–Kier alpha value is -1.39. The first-order valence-electron chi connectivity index (χ1n) is 7.35. The fraction of sp³-hybridized carbons (Fsp3) is 0.278. The fourth-order valence-electron chi connectivity index (χ4n) is 2.49. The van der Waals surface area contributed by atoms with Gasteiger partial charge in [-0.15, -0.1) is 23.5 Å². The van der Waals surface area contributed by atoms with Crippen LogP contribution in [0.4, 0.5) is 5.69 Å². The molecule has 0 spiro atoms. The molecule has 2 aromatic rings. The summed E-state index contributed by atoms with van der Waals surface area (Å²) in [5.41, 5.74) is 5.17. The molecule has 3 rings (SSSR count). The molecular formula is C18H19NOS2. The summed E-state index contributed by atoms with van der Waals surface area (Å²) in [6.07, 6.45) is 0. The van der Waals surface area contributed by atoms with Crippen LogP contribution in [0.3, 0.4) is 0 Å². The Balaban J connectivity index is 1.71. The lowest BCUT2D eigenvalue weighted by Gasteiger charge is -2.11. The Morgan fingerprint density at radius 1 is 1.05 bits per heavy atom. The summed E-state index contributed by atoms with van der Waals surface area (Å²) in [5, 5.41) is 2.99. The Bertz CT molecular complexity index is 676. The van der Waals surface area contributed by atoms with Gasteiger partial charge < -0.3 is 5.32 Å².